The molecule has 0 aromatic heterocycles. The first-order valence-corrected chi connectivity index (χ1v) is 9.82. The summed E-state index contributed by atoms with van der Waals surface area (Å²) in [7, 11) is 0. The summed E-state index contributed by atoms with van der Waals surface area (Å²) in [5.41, 5.74) is 0.302. The first-order valence-electron chi connectivity index (χ1n) is 9.06. The maximum atomic E-state index is 13.3. The Morgan fingerprint density at radius 1 is 0.931 bits per heavy atom. The number of amides is 1. The van der Waals surface area contributed by atoms with E-state index in [1.54, 1.807) is 72.8 Å². The van der Waals surface area contributed by atoms with E-state index < -0.39 is 11.5 Å². The number of aliphatic hydroxyl groups is 1. The molecule has 1 N–H and O–H groups in total. The topological polar surface area (TPSA) is 57.6 Å². The molecule has 1 amide bonds. The van der Waals surface area contributed by atoms with Crippen LogP contribution in [0.5, 0.6) is 0 Å². The molecule has 1 aliphatic rings. The van der Waals surface area contributed by atoms with Crippen molar-refractivity contribution in [2.75, 3.05) is 4.90 Å². The summed E-state index contributed by atoms with van der Waals surface area (Å²) in [4.78, 5) is 27.5. The fraction of sp³-hybridized carbons (Fsp3) is 0.130. The van der Waals surface area contributed by atoms with Crippen molar-refractivity contribution < 1.29 is 14.7 Å². The number of para-hydroxylation sites is 1. The third-order valence-electron chi connectivity index (χ3n) is 5.08. The molecule has 146 valence electrons. The number of benzene rings is 3. The largest absolute Gasteiger partial charge is 0.375 e. The van der Waals surface area contributed by atoms with E-state index in [4.69, 9.17) is 23.2 Å². The van der Waals surface area contributed by atoms with Crippen LogP contribution in [0.2, 0.25) is 10.0 Å². The molecule has 1 heterocycles. The summed E-state index contributed by atoms with van der Waals surface area (Å²) in [6.07, 6.45) is -0.329. The number of Topliss-reactive ketones (excluding diaryl/α,β-unsaturated/α-hetero) is 1. The Kier molecular flexibility index (Phi) is 5.17. The molecule has 0 unspecified atom stereocenters. The Morgan fingerprint density at radius 3 is 2.34 bits per heavy atom. The van der Waals surface area contributed by atoms with Gasteiger partial charge in [0.1, 0.15) is 0 Å². The molecule has 0 fully saturated rings. The minimum Gasteiger partial charge on any atom is -0.375 e. The van der Waals surface area contributed by atoms with Crippen molar-refractivity contribution in [2.45, 2.75) is 18.6 Å². The van der Waals surface area contributed by atoms with Crippen molar-refractivity contribution in [3.05, 3.63) is 99.5 Å². The molecule has 0 aliphatic carbocycles. The lowest BCUT2D eigenvalue weighted by Crippen LogP contribution is -2.41. The van der Waals surface area contributed by atoms with Crippen LogP contribution < -0.4 is 4.90 Å². The van der Waals surface area contributed by atoms with Crippen molar-refractivity contribution >= 4 is 40.6 Å². The zero-order valence-corrected chi connectivity index (χ0v) is 16.8. The van der Waals surface area contributed by atoms with E-state index >= 15 is 0 Å². The summed E-state index contributed by atoms with van der Waals surface area (Å²) in [6.45, 7) is 0.203. The number of rotatable bonds is 5. The fourth-order valence-electron chi connectivity index (χ4n) is 3.61. The van der Waals surface area contributed by atoms with Gasteiger partial charge in [0.05, 0.1) is 28.7 Å². The average Bonchev–Trinajstić information content (AvgIpc) is 2.93. The van der Waals surface area contributed by atoms with Crippen molar-refractivity contribution in [1.82, 2.24) is 0 Å². The van der Waals surface area contributed by atoms with E-state index in [-0.39, 0.29) is 18.7 Å². The zero-order chi connectivity index (χ0) is 20.6. The van der Waals surface area contributed by atoms with Crippen molar-refractivity contribution in [3.63, 3.8) is 0 Å². The summed E-state index contributed by atoms with van der Waals surface area (Å²) in [5.74, 6) is -0.832. The van der Waals surface area contributed by atoms with Crippen LogP contribution in [-0.4, -0.2) is 16.8 Å². The minimum absolute atomic E-state index is 0.203. The number of anilines is 1. The summed E-state index contributed by atoms with van der Waals surface area (Å²) in [6, 6.07) is 20.7. The number of carbonyl (C=O) groups excluding carboxylic acids is 2. The average molecular weight is 426 g/mol. The number of halogens is 2. The first kappa shape index (κ1) is 19.6. The van der Waals surface area contributed by atoms with Crippen LogP contribution in [0.25, 0.3) is 0 Å². The molecule has 0 bridgehead atoms. The molecule has 0 saturated carbocycles. The predicted molar refractivity (Wildman–Crippen MR) is 113 cm³/mol. The van der Waals surface area contributed by atoms with Gasteiger partial charge in [-0.2, -0.15) is 0 Å². The van der Waals surface area contributed by atoms with Gasteiger partial charge in [0.2, 0.25) is 0 Å². The van der Waals surface area contributed by atoms with Gasteiger partial charge in [0.15, 0.2) is 11.4 Å². The van der Waals surface area contributed by atoms with Gasteiger partial charge < -0.3 is 10.0 Å². The van der Waals surface area contributed by atoms with Crippen LogP contribution in [0.4, 0.5) is 5.69 Å². The molecule has 3 aromatic rings. The standard InChI is InChI=1S/C23H17Cl2NO3/c24-18-11-10-15(12-19(18)25)14-26-20-9-5-4-8-17(20)23(29,22(26)28)13-21(27)16-6-2-1-3-7-16/h1-12,29H,13-14H2/t23-/m0/s1. The number of hydrogen-bond acceptors (Lipinski definition) is 3. The van der Waals surface area contributed by atoms with Gasteiger partial charge >= 0.3 is 0 Å². The molecule has 4 rings (SSSR count). The lowest BCUT2D eigenvalue weighted by atomic mass is 9.88. The SMILES string of the molecule is O=C(C[C@@]1(O)C(=O)N(Cc2ccc(Cl)c(Cl)c2)c2ccccc21)c1ccccc1. The van der Waals surface area contributed by atoms with E-state index in [2.05, 4.69) is 0 Å². The summed E-state index contributed by atoms with van der Waals surface area (Å²) < 4.78 is 0. The number of nitrogens with zero attached hydrogens (tertiary/aromatic N) is 1. The first-order chi connectivity index (χ1) is 13.9. The number of hydrogen-bond donors (Lipinski definition) is 1. The number of fused-ring (bicyclic) bond motifs is 1. The lowest BCUT2D eigenvalue weighted by Gasteiger charge is -2.23. The minimum atomic E-state index is -1.92. The van der Waals surface area contributed by atoms with Crippen molar-refractivity contribution in [3.8, 4) is 0 Å². The smallest absolute Gasteiger partial charge is 0.264 e. The summed E-state index contributed by atoms with van der Waals surface area (Å²) >= 11 is 12.1. The Labute approximate surface area is 178 Å². The third kappa shape index (κ3) is 3.55. The van der Waals surface area contributed by atoms with Gasteiger partial charge in [-0.25, -0.2) is 0 Å². The quantitative estimate of drug-likeness (QED) is 0.585. The normalized spacial score (nSPS) is 18.0. The van der Waals surface area contributed by atoms with Gasteiger partial charge in [-0.05, 0) is 23.8 Å². The van der Waals surface area contributed by atoms with Crippen molar-refractivity contribution in [1.29, 1.82) is 0 Å². The third-order valence-corrected chi connectivity index (χ3v) is 5.82. The predicted octanol–water partition coefficient (Wildman–Crippen LogP) is 5.00. The van der Waals surface area contributed by atoms with Gasteiger partial charge in [0.25, 0.3) is 5.91 Å². The molecule has 3 aromatic carbocycles. The summed E-state index contributed by atoms with van der Waals surface area (Å²) in [5, 5.41) is 12.1. The van der Waals surface area contributed by atoms with Crippen LogP contribution >= 0.6 is 23.2 Å². The zero-order valence-electron chi connectivity index (χ0n) is 15.3. The highest BCUT2D eigenvalue weighted by Crippen LogP contribution is 2.43. The monoisotopic (exact) mass is 425 g/mol. The van der Waals surface area contributed by atoms with E-state index in [9.17, 15) is 14.7 Å². The van der Waals surface area contributed by atoms with Crippen LogP contribution in [0.3, 0.4) is 0 Å². The molecule has 1 atom stereocenters. The van der Waals surface area contributed by atoms with Gasteiger partial charge in [-0.1, -0.05) is 77.8 Å². The number of ketones is 1. The van der Waals surface area contributed by atoms with Crippen LogP contribution in [-0.2, 0) is 16.9 Å². The van der Waals surface area contributed by atoms with Crippen LogP contribution in [0, 0.1) is 0 Å². The lowest BCUT2D eigenvalue weighted by molar-refractivity contribution is -0.136. The van der Waals surface area contributed by atoms with E-state index in [0.29, 0.717) is 26.9 Å². The Balaban J connectivity index is 1.68. The molecular formula is C23H17Cl2NO3. The highest BCUT2D eigenvalue weighted by Gasteiger charge is 2.50. The van der Waals surface area contributed by atoms with Crippen molar-refractivity contribution in [2.24, 2.45) is 0 Å². The molecule has 29 heavy (non-hydrogen) atoms. The molecule has 0 saturated heterocycles. The van der Waals surface area contributed by atoms with Gasteiger partial charge in [-0.3, -0.25) is 9.59 Å². The van der Waals surface area contributed by atoms with E-state index in [0.717, 1.165) is 5.56 Å². The van der Waals surface area contributed by atoms with Gasteiger partial charge in [-0.15, -0.1) is 0 Å². The molecule has 4 nitrogen and oxygen atoms in total. The maximum absolute atomic E-state index is 13.3. The highest BCUT2D eigenvalue weighted by molar-refractivity contribution is 6.42. The van der Waals surface area contributed by atoms with Crippen LogP contribution in [0.15, 0.2) is 72.8 Å². The second kappa shape index (κ2) is 7.64. The Hall–Kier alpha value is -2.66. The molecule has 6 heteroatoms. The fourth-order valence-corrected chi connectivity index (χ4v) is 3.93. The second-order valence-electron chi connectivity index (χ2n) is 6.98. The van der Waals surface area contributed by atoms with E-state index in [1.807, 2.05) is 0 Å². The van der Waals surface area contributed by atoms with Crippen LogP contribution in [0.1, 0.15) is 27.9 Å². The van der Waals surface area contributed by atoms with Gasteiger partial charge in [0, 0.05) is 11.1 Å². The maximum Gasteiger partial charge on any atom is 0.264 e. The molecule has 0 spiro atoms. The highest BCUT2D eigenvalue weighted by atomic mass is 35.5. The van der Waals surface area contributed by atoms with E-state index in [1.165, 1.54) is 4.90 Å². The Morgan fingerprint density at radius 2 is 1.62 bits per heavy atom. The molecule has 0 radical (unpaired) electrons. The second-order valence-corrected chi connectivity index (χ2v) is 7.80. The Bertz CT molecular complexity index is 1100. The molecule has 1 aliphatic heterocycles. The molecular weight excluding hydrogens is 409 g/mol. The number of carbonyl (C=O) groups is 2.